The van der Waals surface area contributed by atoms with E-state index in [0.29, 0.717) is 6.07 Å². The van der Waals surface area contributed by atoms with E-state index in [1.807, 2.05) is 13.8 Å². The summed E-state index contributed by atoms with van der Waals surface area (Å²) >= 11 is 0. The Morgan fingerprint density at radius 3 is 2.32 bits per heavy atom. The van der Waals surface area contributed by atoms with E-state index in [1.54, 1.807) is 0 Å². The minimum atomic E-state index is -4.02. The lowest BCUT2D eigenvalue weighted by Crippen LogP contribution is -2.29. The van der Waals surface area contributed by atoms with Gasteiger partial charge in [0.2, 0.25) is 10.0 Å². The first-order valence-electron chi connectivity index (χ1n) is 6.06. The second-order valence-electron chi connectivity index (χ2n) is 4.34. The van der Waals surface area contributed by atoms with Crippen LogP contribution in [0.2, 0.25) is 0 Å². The van der Waals surface area contributed by atoms with E-state index in [4.69, 9.17) is 5.73 Å². The molecule has 0 fully saturated rings. The molecule has 1 aromatic carbocycles. The second-order valence-corrected chi connectivity index (χ2v) is 6.07. The molecular weight excluding hydrogens is 274 g/mol. The highest BCUT2D eigenvalue weighted by atomic mass is 32.2. The van der Waals surface area contributed by atoms with Gasteiger partial charge in [-0.05, 0) is 12.0 Å². The fraction of sp³-hybridized carbons (Fsp3) is 0.500. The first kappa shape index (κ1) is 15.8. The molecule has 0 spiro atoms. The van der Waals surface area contributed by atoms with Crippen LogP contribution in [0.1, 0.15) is 26.7 Å². The lowest BCUT2D eigenvalue weighted by atomic mass is 10.0. The molecule has 7 heteroatoms. The number of halogens is 2. The molecule has 0 aliphatic heterocycles. The van der Waals surface area contributed by atoms with Crippen molar-refractivity contribution in [2.24, 2.45) is 5.92 Å². The lowest BCUT2D eigenvalue weighted by molar-refractivity contribution is 0.476. The minimum Gasteiger partial charge on any atom is -0.396 e. The zero-order chi connectivity index (χ0) is 14.6. The van der Waals surface area contributed by atoms with Gasteiger partial charge in [0, 0.05) is 12.6 Å². The van der Waals surface area contributed by atoms with Crippen molar-refractivity contribution in [3.63, 3.8) is 0 Å². The average Bonchev–Trinajstić information content (AvgIpc) is 2.34. The van der Waals surface area contributed by atoms with Gasteiger partial charge in [-0.1, -0.05) is 26.7 Å². The molecule has 0 amide bonds. The molecule has 0 saturated heterocycles. The molecule has 19 heavy (non-hydrogen) atoms. The number of nitrogen functional groups attached to an aromatic ring is 1. The summed E-state index contributed by atoms with van der Waals surface area (Å²) in [6, 6.07) is 1.26. The number of hydrogen-bond acceptors (Lipinski definition) is 3. The summed E-state index contributed by atoms with van der Waals surface area (Å²) in [5.74, 6) is -1.95. The van der Waals surface area contributed by atoms with Gasteiger partial charge in [0.05, 0.1) is 5.69 Å². The smallest absolute Gasteiger partial charge is 0.243 e. The third kappa shape index (κ3) is 3.87. The molecule has 1 aromatic rings. The maximum Gasteiger partial charge on any atom is 0.243 e. The van der Waals surface area contributed by atoms with Crippen LogP contribution in [0.25, 0.3) is 0 Å². The highest BCUT2D eigenvalue weighted by molar-refractivity contribution is 7.89. The predicted octanol–water partition coefficient (Wildman–Crippen LogP) is 2.26. The van der Waals surface area contributed by atoms with Crippen LogP contribution in [0.5, 0.6) is 0 Å². The topological polar surface area (TPSA) is 72.2 Å². The second kappa shape index (κ2) is 6.29. The number of hydrogen-bond donors (Lipinski definition) is 2. The molecule has 0 radical (unpaired) electrons. The van der Waals surface area contributed by atoms with E-state index < -0.39 is 32.2 Å². The van der Waals surface area contributed by atoms with Crippen molar-refractivity contribution in [2.75, 3.05) is 12.3 Å². The Morgan fingerprint density at radius 1 is 1.21 bits per heavy atom. The van der Waals surface area contributed by atoms with E-state index in [1.165, 1.54) is 0 Å². The molecule has 1 rings (SSSR count). The summed E-state index contributed by atoms with van der Waals surface area (Å²) in [5, 5.41) is 0. The largest absolute Gasteiger partial charge is 0.396 e. The van der Waals surface area contributed by atoms with Crippen molar-refractivity contribution in [3.05, 3.63) is 23.8 Å². The summed E-state index contributed by atoms with van der Waals surface area (Å²) in [7, 11) is -4.02. The van der Waals surface area contributed by atoms with Crippen molar-refractivity contribution in [3.8, 4) is 0 Å². The fourth-order valence-corrected chi connectivity index (χ4v) is 2.84. The SMILES string of the molecule is CCC(CC)CNS(=O)(=O)c1cc(N)c(F)cc1F. The molecule has 0 aliphatic carbocycles. The molecule has 0 unspecified atom stereocenters. The van der Waals surface area contributed by atoms with Gasteiger partial charge in [-0.2, -0.15) is 0 Å². The maximum absolute atomic E-state index is 13.5. The van der Waals surface area contributed by atoms with E-state index in [-0.39, 0.29) is 12.5 Å². The van der Waals surface area contributed by atoms with Gasteiger partial charge < -0.3 is 5.73 Å². The van der Waals surface area contributed by atoms with Crippen LogP contribution in [-0.2, 0) is 10.0 Å². The highest BCUT2D eigenvalue weighted by Gasteiger charge is 2.21. The first-order valence-corrected chi connectivity index (χ1v) is 7.54. The van der Waals surface area contributed by atoms with Gasteiger partial charge >= 0.3 is 0 Å². The average molecular weight is 292 g/mol. The quantitative estimate of drug-likeness (QED) is 0.790. The monoisotopic (exact) mass is 292 g/mol. The summed E-state index contributed by atoms with van der Waals surface area (Å²) in [4.78, 5) is -0.627. The normalized spacial score (nSPS) is 12.1. The van der Waals surface area contributed by atoms with Crippen molar-refractivity contribution in [2.45, 2.75) is 31.6 Å². The number of benzene rings is 1. The molecule has 0 atom stereocenters. The molecule has 108 valence electrons. The first-order chi connectivity index (χ1) is 8.81. The Labute approximate surface area is 112 Å². The van der Waals surface area contributed by atoms with Gasteiger partial charge in [0.25, 0.3) is 0 Å². The third-order valence-electron chi connectivity index (χ3n) is 3.06. The van der Waals surface area contributed by atoms with Crippen LogP contribution in [0.15, 0.2) is 17.0 Å². The molecular formula is C12H18F2N2O2S. The Balaban J connectivity index is 2.98. The molecule has 4 nitrogen and oxygen atoms in total. The van der Waals surface area contributed by atoms with Crippen molar-refractivity contribution in [1.29, 1.82) is 0 Å². The molecule has 0 bridgehead atoms. The van der Waals surface area contributed by atoms with E-state index in [2.05, 4.69) is 4.72 Å². The number of rotatable bonds is 6. The summed E-state index contributed by atoms with van der Waals surface area (Å²) < 4.78 is 52.7. The van der Waals surface area contributed by atoms with Crippen LogP contribution in [-0.4, -0.2) is 15.0 Å². The van der Waals surface area contributed by atoms with Gasteiger partial charge in [0.1, 0.15) is 16.5 Å². The fourth-order valence-electron chi connectivity index (χ4n) is 1.63. The molecule has 0 aromatic heterocycles. The summed E-state index contributed by atoms with van der Waals surface area (Å²) in [6.45, 7) is 4.10. The van der Waals surface area contributed by atoms with Crippen LogP contribution in [0, 0.1) is 17.6 Å². The van der Waals surface area contributed by atoms with Gasteiger partial charge in [-0.3, -0.25) is 0 Å². The van der Waals surface area contributed by atoms with E-state index in [0.717, 1.165) is 18.9 Å². The van der Waals surface area contributed by atoms with Crippen LogP contribution in [0.4, 0.5) is 14.5 Å². The standard InChI is InChI=1S/C12H18F2N2O2S/c1-3-8(4-2)7-16-19(17,18)12-6-11(15)9(13)5-10(12)14/h5-6,8,16H,3-4,7,15H2,1-2H3. The Hall–Kier alpha value is -1.21. The Bertz CT molecular complexity index is 543. The number of nitrogens with one attached hydrogen (secondary N) is 1. The van der Waals surface area contributed by atoms with Gasteiger partial charge in [-0.15, -0.1) is 0 Å². The third-order valence-corrected chi connectivity index (χ3v) is 4.50. The van der Waals surface area contributed by atoms with Crippen molar-refractivity contribution < 1.29 is 17.2 Å². The Morgan fingerprint density at radius 2 is 1.79 bits per heavy atom. The van der Waals surface area contributed by atoms with Crippen LogP contribution >= 0.6 is 0 Å². The van der Waals surface area contributed by atoms with Gasteiger partial charge in [-0.25, -0.2) is 21.9 Å². The van der Waals surface area contributed by atoms with Crippen LogP contribution in [0.3, 0.4) is 0 Å². The number of sulfonamides is 1. The predicted molar refractivity (Wildman–Crippen MR) is 70.0 cm³/mol. The zero-order valence-corrected chi connectivity index (χ0v) is 11.7. The molecule has 0 aliphatic rings. The number of nitrogens with two attached hydrogens (primary N) is 1. The van der Waals surface area contributed by atoms with Crippen molar-refractivity contribution in [1.82, 2.24) is 4.72 Å². The zero-order valence-electron chi connectivity index (χ0n) is 10.9. The lowest BCUT2D eigenvalue weighted by Gasteiger charge is -2.14. The minimum absolute atomic E-state index is 0.177. The maximum atomic E-state index is 13.5. The van der Waals surface area contributed by atoms with Crippen LogP contribution < -0.4 is 10.5 Å². The number of anilines is 1. The van der Waals surface area contributed by atoms with Crippen molar-refractivity contribution >= 4 is 15.7 Å². The summed E-state index contributed by atoms with van der Waals surface area (Å²) in [5.41, 5.74) is 4.86. The highest BCUT2D eigenvalue weighted by Crippen LogP contribution is 2.21. The molecule has 0 saturated carbocycles. The summed E-state index contributed by atoms with van der Waals surface area (Å²) in [6.07, 6.45) is 1.63. The Kier molecular flexibility index (Phi) is 5.25. The van der Waals surface area contributed by atoms with E-state index in [9.17, 15) is 17.2 Å². The molecule has 0 heterocycles. The van der Waals surface area contributed by atoms with E-state index >= 15 is 0 Å². The molecule has 3 N–H and O–H groups in total. The van der Waals surface area contributed by atoms with Gasteiger partial charge in [0.15, 0.2) is 0 Å².